The minimum absolute atomic E-state index is 0.0433. The Morgan fingerprint density at radius 3 is 2.24 bits per heavy atom. The third-order valence-electron chi connectivity index (χ3n) is 6.08. The lowest BCUT2D eigenvalue weighted by Gasteiger charge is -2.34. The van der Waals surface area contributed by atoms with Crippen molar-refractivity contribution in [2.75, 3.05) is 38.0 Å². The van der Waals surface area contributed by atoms with E-state index in [2.05, 4.69) is 25.3 Å². The first-order valence-electron chi connectivity index (χ1n) is 11.5. The van der Waals surface area contributed by atoms with E-state index in [4.69, 9.17) is 0 Å². The van der Waals surface area contributed by atoms with Gasteiger partial charge in [-0.2, -0.15) is 5.10 Å². The fourth-order valence-corrected chi connectivity index (χ4v) is 4.27. The Kier molecular flexibility index (Phi) is 7.02. The van der Waals surface area contributed by atoms with Crippen molar-refractivity contribution in [1.29, 1.82) is 0 Å². The van der Waals surface area contributed by atoms with Crippen molar-refractivity contribution in [1.82, 2.24) is 29.5 Å². The lowest BCUT2D eigenvalue weighted by Crippen LogP contribution is -2.50. The van der Waals surface area contributed by atoms with Crippen molar-refractivity contribution >= 4 is 17.5 Å². The summed E-state index contributed by atoms with van der Waals surface area (Å²) in [7, 11) is 0. The summed E-state index contributed by atoms with van der Waals surface area (Å²) in [5.41, 5.74) is 5.15. The van der Waals surface area contributed by atoms with Crippen LogP contribution in [-0.4, -0.2) is 74.1 Å². The number of carbonyl (C=O) groups excluding carboxylic acids is 2. The van der Waals surface area contributed by atoms with Gasteiger partial charge in [-0.25, -0.2) is 14.6 Å². The molecule has 0 atom stereocenters. The third-order valence-corrected chi connectivity index (χ3v) is 6.08. The zero-order valence-electron chi connectivity index (χ0n) is 20.2. The molecule has 0 saturated carbocycles. The molecule has 0 aliphatic carbocycles. The van der Waals surface area contributed by atoms with E-state index in [9.17, 15) is 9.59 Å². The number of amides is 2. The van der Waals surface area contributed by atoms with Crippen LogP contribution in [0.15, 0.2) is 36.4 Å². The van der Waals surface area contributed by atoms with Crippen molar-refractivity contribution in [2.45, 2.75) is 34.1 Å². The van der Waals surface area contributed by atoms with Gasteiger partial charge in [-0.05, 0) is 45.9 Å². The van der Waals surface area contributed by atoms with Crippen LogP contribution in [0.3, 0.4) is 0 Å². The van der Waals surface area contributed by atoms with Crippen molar-refractivity contribution in [3.63, 3.8) is 0 Å². The van der Waals surface area contributed by atoms with Gasteiger partial charge in [0.15, 0.2) is 0 Å². The number of hydrogen-bond acceptors (Lipinski definition) is 6. The molecule has 34 heavy (non-hydrogen) atoms. The standard InChI is InChI=1S/C25H31N7O2/c1-17-14-18(2)27-25(26-17)32-20(4)22(19(3)29-32)15-24(34)31-12-10-30(11-13-31)16-23(33)28-21-8-6-5-7-9-21/h5-9,14H,10-13,15-16H2,1-4H3,(H,28,33). The first-order valence-corrected chi connectivity index (χ1v) is 11.5. The average molecular weight is 462 g/mol. The number of aryl methyl sites for hydroxylation is 3. The van der Waals surface area contributed by atoms with Gasteiger partial charge in [0.25, 0.3) is 5.95 Å². The largest absolute Gasteiger partial charge is 0.340 e. The number of hydrogen-bond donors (Lipinski definition) is 1. The van der Waals surface area contributed by atoms with E-state index in [1.54, 1.807) is 4.68 Å². The number of nitrogens with zero attached hydrogens (tertiary/aromatic N) is 6. The molecule has 178 valence electrons. The van der Waals surface area contributed by atoms with Gasteiger partial charge in [-0.1, -0.05) is 18.2 Å². The molecule has 4 rings (SSSR count). The normalized spacial score (nSPS) is 14.3. The summed E-state index contributed by atoms with van der Waals surface area (Å²) < 4.78 is 1.72. The molecular formula is C25H31N7O2. The van der Waals surface area contributed by atoms with Crippen LogP contribution in [0.1, 0.15) is 28.3 Å². The second kappa shape index (κ2) is 10.1. The highest BCUT2D eigenvalue weighted by Gasteiger charge is 2.25. The molecule has 1 saturated heterocycles. The molecule has 9 nitrogen and oxygen atoms in total. The van der Waals surface area contributed by atoms with E-state index in [-0.39, 0.29) is 18.2 Å². The van der Waals surface area contributed by atoms with E-state index in [1.807, 2.05) is 69.0 Å². The number of para-hydroxylation sites is 1. The second-order valence-corrected chi connectivity index (χ2v) is 8.76. The van der Waals surface area contributed by atoms with E-state index in [0.717, 1.165) is 34.0 Å². The Bertz CT molecular complexity index is 1160. The maximum atomic E-state index is 13.1. The Balaban J connectivity index is 1.33. The Morgan fingerprint density at radius 1 is 0.941 bits per heavy atom. The van der Waals surface area contributed by atoms with Crippen LogP contribution in [0.5, 0.6) is 0 Å². The molecule has 0 spiro atoms. The molecule has 3 heterocycles. The number of piperazine rings is 1. The number of carbonyl (C=O) groups is 2. The molecule has 3 aromatic rings. The lowest BCUT2D eigenvalue weighted by atomic mass is 10.1. The van der Waals surface area contributed by atoms with E-state index >= 15 is 0 Å². The zero-order valence-corrected chi connectivity index (χ0v) is 20.2. The molecule has 2 amide bonds. The van der Waals surface area contributed by atoms with Gasteiger partial charge in [0.1, 0.15) is 0 Å². The number of aromatic nitrogens is 4. The number of benzene rings is 1. The minimum Gasteiger partial charge on any atom is -0.340 e. The van der Waals surface area contributed by atoms with Gasteiger partial charge in [0.2, 0.25) is 11.8 Å². The molecule has 0 radical (unpaired) electrons. The molecule has 1 N–H and O–H groups in total. The molecular weight excluding hydrogens is 430 g/mol. The predicted molar refractivity (Wildman–Crippen MR) is 130 cm³/mol. The SMILES string of the molecule is Cc1cc(C)nc(-n2nc(C)c(CC(=O)N3CCN(CC(=O)Nc4ccccc4)CC3)c2C)n1. The second-order valence-electron chi connectivity index (χ2n) is 8.76. The average Bonchev–Trinajstić information content (AvgIpc) is 3.08. The highest BCUT2D eigenvalue weighted by atomic mass is 16.2. The fourth-order valence-electron chi connectivity index (χ4n) is 4.27. The molecule has 1 aliphatic heterocycles. The van der Waals surface area contributed by atoms with Gasteiger partial charge >= 0.3 is 0 Å². The zero-order chi connectivity index (χ0) is 24.2. The van der Waals surface area contributed by atoms with E-state index < -0.39 is 0 Å². The summed E-state index contributed by atoms with van der Waals surface area (Å²) in [5, 5.41) is 7.52. The predicted octanol–water partition coefficient (Wildman–Crippen LogP) is 2.22. The lowest BCUT2D eigenvalue weighted by molar-refractivity contribution is -0.132. The maximum absolute atomic E-state index is 13.1. The number of nitrogens with one attached hydrogen (secondary N) is 1. The number of anilines is 1. The van der Waals surface area contributed by atoms with Gasteiger partial charge in [0.05, 0.1) is 18.7 Å². The summed E-state index contributed by atoms with van der Waals surface area (Å²) in [6.07, 6.45) is 0.289. The van der Waals surface area contributed by atoms with Crippen LogP contribution in [0.4, 0.5) is 5.69 Å². The summed E-state index contributed by atoms with van der Waals surface area (Å²) in [4.78, 5) is 38.3. The minimum atomic E-state index is -0.0433. The Hall–Kier alpha value is -3.59. The van der Waals surface area contributed by atoms with Gasteiger partial charge < -0.3 is 10.2 Å². The van der Waals surface area contributed by atoms with Crippen LogP contribution in [0.25, 0.3) is 5.95 Å². The molecule has 1 aliphatic rings. The fraction of sp³-hybridized carbons (Fsp3) is 0.400. The van der Waals surface area contributed by atoms with Crippen molar-refractivity contribution in [3.05, 3.63) is 64.7 Å². The Labute approximate surface area is 199 Å². The quantitative estimate of drug-likeness (QED) is 0.605. The molecule has 1 aromatic carbocycles. The van der Waals surface area contributed by atoms with Crippen molar-refractivity contribution < 1.29 is 9.59 Å². The van der Waals surface area contributed by atoms with Crippen LogP contribution in [-0.2, 0) is 16.0 Å². The summed E-state index contributed by atoms with van der Waals surface area (Å²) in [6.45, 7) is 10.6. The summed E-state index contributed by atoms with van der Waals surface area (Å²) in [5.74, 6) is 0.554. The first-order chi connectivity index (χ1) is 16.3. The molecule has 0 unspecified atom stereocenters. The molecule has 0 bridgehead atoms. The van der Waals surface area contributed by atoms with Crippen LogP contribution >= 0.6 is 0 Å². The monoisotopic (exact) mass is 461 g/mol. The third kappa shape index (κ3) is 5.48. The van der Waals surface area contributed by atoms with Crippen LogP contribution in [0, 0.1) is 27.7 Å². The van der Waals surface area contributed by atoms with Gasteiger partial charge in [0, 0.05) is 54.5 Å². The smallest absolute Gasteiger partial charge is 0.251 e. The van der Waals surface area contributed by atoms with Gasteiger partial charge in [-0.3, -0.25) is 14.5 Å². The highest BCUT2D eigenvalue weighted by molar-refractivity contribution is 5.92. The van der Waals surface area contributed by atoms with Crippen LogP contribution in [0.2, 0.25) is 0 Å². The summed E-state index contributed by atoms with van der Waals surface area (Å²) in [6, 6.07) is 11.4. The van der Waals surface area contributed by atoms with Gasteiger partial charge in [-0.15, -0.1) is 0 Å². The topological polar surface area (TPSA) is 96.3 Å². The Morgan fingerprint density at radius 2 is 1.59 bits per heavy atom. The molecule has 2 aromatic heterocycles. The maximum Gasteiger partial charge on any atom is 0.251 e. The molecule has 1 fully saturated rings. The van der Waals surface area contributed by atoms with E-state index in [1.165, 1.54) is 0 Å². The highest BCUT2D eigenvalue weighted by Crippen LogP contribution is 2.18. The number of rotatable bonds is 6. The molecule has 9 heteroatoms. The van der Waals surface area contributed by atoms with Crippen molar-refractivity contribution in [2.24, 2.45) is 0 Å². The summed E-state index contributed by atoms with van der Waals surface area (Å²) >= 11 is 0. The first kappa shape index (κ1) is 23.6. The van der Waals surface area contributed by atoms with E-state index in [0.29, 0.717) is 38.7 Å². The van der Waals surface area contributed by atoms with Crippen LogP contribution < -0.4 is 5.32 Å². The van der Waals surface area contributed by atoms with Crippen molar-refractivity contribution in [3.8, 4) is 5.95 Å².